The highest BCUT2D eigenvalue weighted by Gasteiger charge is 2.15. The molecule has 2 atom stereocenters. The van der Waals surface area contributed by atoms with Crippen LogP contribution in [0.15, 0.2) is 24.3 Å². The Bertz CT molecular complexity index is 301. The number of hydrogen-bond donors (Lipinski definition) is 2. The molecule has 3 N–H and O–H groups in total. The highest BCUT2D eigenvalue weighted by Crippen LogP contribution is 2.21. The fraction of sp³-hybridized carbons (Fsp3) is 0.500. The summed E-state index contributed by atoms with van der Waals surface area (Å²) >= 11 is 0. The van der Waals surface area contributed by atoms with Crippen LogP contribution in [0.3, 0.4) is 0 Å². The van der Waals surface area contributed by atoms with E-state index in [2.05, 4.69) is 0 Å². The lowest BCUT2D eigenvalue weighted by Crippen LogP contribution is -2.25. The van der Waals surface area contributed by atoms with Gasteiger partial charge in [-0.3, -0.25) is 0 Å². The van der Waals surface area contributed by atoms with E-state index >= 15 is 0 Å². The fourth-order valence-electron chi connectivity index (χ4n) is 1.55. The first-order chi connectivity index (χ1) is 7.19. The molecule has 1 rings (SSSR count). The van der Waals surface area contributed by atoms with Gasteiger partial charge in [0.1, 0.15) is 5.75 Å². The minimum Gasteiger partial charge on any atom is -0.497 e. The summed E-state index contributed by atoms with van der Waals surface area (Å²) in [6.45, 7) is 2.03. The van der Waals surface area contributed by atoms with Crippen molar-refractivity contribution in [3.63, 3.8) is 0 Å². The summed E-state index contributed by atoms with van der Waals surface area (Å²) in [5, 5.41) is 9.77. The van der Waals surface area contributed by atoms with E-state index in [0.717, 1.165) is 24.2 Å². The highest BCUT2D eigenvalue weighted by atomic mass is 16.5. The molecule has 0 unspecified atom stereocenters. The van der Waals surface area contributed by atoms with Gasteiger partial charge in [-0.15, -0.1) is 0 Å². The van der Waals surface area contributed by atoms with Crippen molar-refractivity contribution in [2.75, 3.05) is 7.11 Å². The molecule has 1 aromatic carbocycles. The second kappa shape index (κ2) is 5.73. The van der Waals surface area contributed by atoms with Gasteiger partial charge in [-0.25, -0.2) is 0 Å². The molecule has 0 amide bonds. The van der Waals surface area contributed by atoms with Gasteiger partial charge in [-0.1, -0.05) is 25.5 Å². The number of hydrogen-bond acceptors (Lipinski definition) is 3. The summed E-state index contributed by atoms with van der Waals surface area (Å²) in [5.41, 5.74) is 6.85. The molecule has 0 aliphatic rings. The van der Waals surface area contributed by atoms with Crippen LogP contribution in [-0.4, -0.2) is 18.3 Å². The number of nitrogens with two attached hydrogens (primary N) is 1. The van der Waals surface area contributed by atoms with Gasteiger partial charge in [0.15, 0.2) is 0 Å². The summed E-state index contributed by atoms with van der Waals surface area (Å²) in [6, 6.07) is 7.19. The first kappa shape index (κ1) is 12.0. The first-order valence-electron chi connectivity index (χ1n) is 5.26. The van der Waals surface area contributed by atoms with Crippen LogP contribution in [0.4, 0.5) is 0 Å². The van der Waals surface area contributed by atoms with Crippen molar-refractivity contribution in [3.05, 3.63) is 29.8 Å². The van der Waals surface area contributed by atoms with E-state index in [0.29, 0.717) is 0 Å². The number of rotatable bonds is 5. The number of benzene rings is 1. The van der Waals surface area contributed by atoms with Crippen LogP contribution in [-0.2, 0) is 0 Å². The minimum absolute atomic E-state index is 0.333. The van der Waals surface area contributed by atoms with Crippen molar-refractivity contribution in [1.29, 1.82) is 0 Å². The van der Waals surface area contributed by atoms with Gasteiger partial charge < -0.3 is 15.6 Å². The predicted molar refractivity (Wildman–Crippen MR) is 60.8 cm³/mol. The van der Waals surface area contributed by atoms with Crippen molar-refractivity contribution < 1.29 is 9.84 Å². The number of methoxy groups -OCH3 is 1. The maximum Gasteiger partial charge on any atom is 0.119 e. The summed E-state index contributed by atoms with van der Waals surface area (Å²) in [5.74, 6) is 0.770. The van der Waals surface area contributed by atoms with Gasteiger partial charge in [0.25, 0.3) is 0 Å². The van der Waals surface area contributed by atoms with Crippen LogP contribution < -0.4 is 10.5 Å². The zero-order valence-electron chi connectivity index (χ0n) is 9.31. The lowest BCUT2D eigenvalue weighted by Gasteiger charge is -2.19. The van der Waals surface area contributed by atoms with E-state index in [4.69, 9.17) is 10.5 Å². The summed E-state index contributed by atoms with van der Waals surface area (Å²) in [6.07, 6.45) is 1.17. The van der Waals surface area contributed by atoms with Crippen LogP contribution in [0.5, 0.6) is 5.75 Å². The monoisotopic (exact) mass is 209 g/mol. The third-order valence-corrected chi connectivity index (χ3v) is 2.48. The van der Waals surface area contributed by atoms with Crippen molar-refractivity contribution >= 4 is 0 Å². The van der Waals surface area contributed by atoms with Gasteiger partial charge in [0.05, 0.1) is 19.3 Å². The van der Waals surface area contributed by atoms with Crippen LogP contribution in [0.25, 0.3) is 0 Å². The zero-order chi connectivity index (χ0) is 11.3. The third kappa shape index (κ3) is 3.22. The zero-order valence-corrected chi connectivity index (χ0v) is 9.31. The van der Waals surface area contributed by atoms with E-state index in [1.165, 1.54) is 0 Å². The minimum atomic E-state index is -0.484. The quantitative estimate of drug-likeness (QED) is 0.778. The summed E-state index contributed by atoms with van der Waals surface area (Å²) in [4.78, 5) is 0. The second-order valence-electron chi connectivity index (χ2n) is 3.66. The van der Waals surface area contributed by atoms with Crippen molar-refractivity contribution in [3.8, 4) is 5.75 Å². The fourth-order valence-corrected chi connectivity index (χ4v) is 1.55. The maximum atomic E-state index is 9.77. The maximum absolute atomic E-state index is 9.77. The Kier molecular flexibility index (Phi) is 4.59. The first-order valence-corrected chi connectivity index (χ1v) is 5.26. The van der Waals surface area contributed by atoms with E-state index in [1.807, 2.05) is 31.2 Å². The normalized spacial score (nSPS) is 14.7. The number of aliphatic hydroxyl groups is 1. The SMILES string of the molecule is CCC[C@@H](O)[C@@H](N)c1cccc(OC)c1. The molecular formula is C12H19NO2. The van der Waals surface area contributed by atoms with Crippen LogP contribution >= 0.6 is 0 Å². The average molecular weight is 209 g/mol. The number of aliphatic hydroxyl groups excluding tert-OH is 1. The Morgan fingerprint density at radius 1 is 1.47 bits per heavy atom. The molecule has 84 valence electrons. The third-order valence-electron chi connectivity index (χ3n) is 2.48. The Balaban J connectivity index is 2.76. The summed E-state index contributed by atoms with van der Waals surface area (Å²) < 4.78 is 5.11. The number of ether oxygens (including phenoxy) is 1. The topological polar surface area (TPSA) is 55.5 Å². The molecule has 0 radical (unpaired) electrons. The van der Waals surface area contributed by atoms with Gasteiger partial charge in [-0.05, 0) is 24.1 Å². The molecule has 0 spiro atoms. The van der Waals surface area contributed by atoms with Crippen molar-refractivity contribution in [1.82, 2.24) is 0 Å². The van der Waals surface area contributed by atoms with E-state index in [9.17, 15) is 5.11 Å². The summed E-state index contributed by atoms with van der Waals surface area (Å²) in [7, 11) is 1.62. The Hall–Kier alpha value is -1.06. The lowest BCUT2D eigenvalue weighted by molar-refractivity contribution is 0.134. The van der Waals surface area contributed by atoms with E-state index in [-0.39, 0.29) is 6.04 Å². The molecule has 3 heteroatoms. The molecule has 0 saturated heterocycles. The predicted octanol–water partition coefficient (Wildman–Crippen LogP) is 1.86. The Morgan fingerprint density at radius 3 is 2.80 bits per heavy atom. The molecule has 0 heterocycles. The average Bonchev–Trinajstić information content (AvgIpc) is 2.28. The van der Waals surface area contributed by atoms with E-state index in [1.54, 1.807) is 7.11 Å². The second-order valence-corrected chi connectivity index (χ2v) is 3.66. The van der Waals surface area contributed by atoms with Gasteiger partial charge in [0, 0.05) is 0 Å². The Morgan fingerprint density at radius 2 is 2.20 bits per heavy atom. The van der Waals surface area contributed by atoms with Crippen molar-refractivity contribution in [2.45, 2.75) is 31.9 Å². The molecule has 0 bridgehead atoms. The van der Waals surface area contributed by atoms with Gasteiger partial charge >= 0.3 is 0 Å². The molecule has 0 aromatic heterocycles. The molecule has 0 fully saturated rings. The molecule has 15 heavy (non-hydrogen) atoms. The van der Waals surface area contributed by atoms with Crippen LogP contribution in [0, 0.1) is 0 Å². The standard InChI is InChI=1S/C12H19NO2/c1-3-5-11(14)12(13)9-6-4-7-10(8-9)15-2/h4,6-8,11-12,14H,3,5,13H2,1-2H3/t11-,12+/m1/s1. The van der Waals surface area contributed by atoms with E-state index < -0.39 is 6.10 Å². The molecule has 0 saturated carbocycles. The largest absolute Gasteiger partial charge is 0.497 e. The smallest absolute Gasteiger partial charge is 0.119 e. The molecule has 0 aliphatic carbocycles. The van der Waals surface area contributed by atoms with Gasteiger partial charge in [-0.2, -0.15) is 0 Å². The molecule has 1 aromatic rings. The Labute approximate surface area is 90.9 Å². The van der Waals surface area contributed by atoms with Crippen LogP contribution in [0.1, 0.15) is 31.4 Å². The van der Waals surface area contributed by atoms with Crippen molar-refractivity contribution in [2.24, 2.45) is 5.73 Å². The molecule has 3 nitrogen and oxygen atoms in total. The van der Waals surface area contributed by atoms with Gasteiger partial charge in [0.2, 0.25) is 0 Å². The highest BCUT2D eigenvalue weighted by molar-refractivity contribution is 5.30. The molecule has 0 aliphatic heterocycles. The lowest BCUT2D eigenvalue weighted by atomic mass is 9.99. The molecular weight excluding hydrogens is 190 g/mol. The van der Waals surface area contributed by atoms with Crippen LogP contribution in [0.2, 0.25) is 0 Å².